The van der Waals surface area contributed by atoms with E-state index >= 15 is 0 Å². The molecule has 4 rings (SSSR count). The predicted octanol–water partition coefficient (Wildman–Crippen LogP) is 3.11. The molecule has 1 fully saturated rings. The molecule has 0 radical (unpaired) electrons. The smallest absolute Gasteiger partial charge is 0.407 e. The Balaban J connectivity index is 1.40. The van der Waals surface area contributed by atoms with Crippen molar-refractivity contribution in [1.82, 2.24) is 10.2 Å². The second-order valence-corrected chi connectivity index (χ2v) is 9.38. The highest BCUT2D eigenvalue weighted by Gasteiger charge is 2.49. The summed E-state index contributed by atoms with van der Waals surface area (Å²) in [5.41, 5.74) is 3.52. The normalized spacial score (nSPS) is 21.9. The Morgan fingerprint density at radius 2 is 1.74 bits per heavy atom. The highest BCUT2D eigenvalue weighted by Crippen LogP contribution is 2.44. The standard InChI is InChI=1S/C26H30N2O6/c1-16(23(29)30)12-28(3)24(31)26(2)15-33-14-22(26)27-25(32)34-13-21-19-10-6-4-8-17(19)18-9-5-7-11-20(18)21/h4-11,16,21-22H,12-15H2,1-3H3,(H,27,32)(H,29,30). The first-order valence-corrected chi connectivity index (χ1v) is 11.4. The van der Waals surface area contributed by atoms with Gasteiger partial charge in [-0.15, -0.1) is 0 Å². The van der Waals surface area contributed by atoms with Crippen molar-refractivity contribution in [2.45, 2.75) is 25.8 Å². The van der Waals surface area contributed by atoms with Crippen LogP contribution in [0.5, 0.6) is 0 Å². The molecule has 0 aromatic heterocycles. The summed E-state index contributed by atoms with van der Waals surface area (Å²) in [6.45, 7) is 3.82. The first kappa shape index (κ1) is 23.8. The predicted molar refractivity (Wildman–Crippen MR) is 125 cm³/mol. The Morgan fingerprint density at radius 1 is 1.15 bits per heavy atom. The molecule has 2 aromatic rings. The summed E-state index contributed by atoms with van der Waals surface area (Å²) in [5.74, 6) is -2.01. The first-order valence-electron chi connectivity index (χ1n) is 11.4. The molecule has 0 saturated carbocycles. The number of carbonyl (C=O) groups excluding carboxylic acids is 2. The Kier molecular flexibility index (Phi) is 6.61. The van der Waals surface area contributed by atoms with Gasteiger partial charge in [0.2, 0.25) is 5.91 Å². The van der Waals surface area contributed by atoms with Crippen molar-refractivity contribution in [2.75, 3.05) is 33.4 Å². The Bertz CT molecular complexity index is 1060. The molecule has 1 heterocycles. The zero-order valence-electron chi connectivity index (χ0n) is 19.6. The number of amides is 2. The van der Waals surface area contributed by atoms with Gasteiger partial charge in [-0.3, -0.25) is 9.59 Å². The molecular weight excluding hydrogens is 436 g/mol. The monoisotopic (exact) mass is 466 g/mol. The van der Waals surface area contributed by atoms with E-state index in [2.05, 4.69) is 29.6 Å². The van der Waals surface area contributed by atoms with Crippen LogP contribution in [0.3, 0.4) is 0 Å². The fourth-order valence-electron chi connectivity index (χ4n) is 4.88. The molecule has 8 heteroatoms. The largest absolute Gasteiger partial charge is 0.481 e. The molecule has 1 aliphatic heterocycles. The van der Waals surface area contributed by atoms with Gasteiger partial charge in [0.15, 0.2) is 0 Å². The van der Waals surface area contributed by atoms with Crippen molar-refractivity contribution in [3.05, 3.63) is 59.7 Å². The third kappa shape index (κ3) is 4.37. The molecule has 3 atom stereocenters. The molecule has 1 aliphatic carbocycles. The van der Waals surface area contributed by atoms with Gasteiger partial charge in [-0.05, 0) is 29.2 Å². The van der Waals surface area contributed by atoms with Crippen LogP contribution in [0.2, 0.25) is 0 Å². The zero-order chi connectivity index (χ0) is 24.5. The number of carboxylic acids is 1. The van der Waals surface area contributed by atoms with E-state index in [0.717, 1.165) is 22.3 Å². The topological polar surface area (TPSA) is 105 Å². The van der Waals surface area contributed by atoms with Crippen molar-refractivity contribution in [3.63, 3.8) is 0 Å². The van der Waals surface area contributed by atoms with Gasteiger partial charge < -0.3 is 24.8 Å². The molecule has 34 heavy (non-hydrogen) atoms. The molecular formula is C26H30N2O6. The maximum Gasteiger partial charge on any atom is 0.407 e. The van der Waals surface area contributed by atoms with Gasteiger partial charge in [0.25, 0.3) is 0 Å². The Hall–Kier alpha value is -3.39. The lowest BCUT2D eigenvalue weighted by atomic mass is 9.83. The van der Waals surface area contributed by atoms with E-state index in [0.29, 0.717) is 0 Å². The summed E-state index contributed by atoms with van der Waals surface area (Å²) in [5, 5.41) is 12.0. The van der Waals surface area contributed by atoms with Crippen LogP contribution in [0.4, 0.5) is 4.79 Å². The zero-order valence-corrected chi connectivity index (χ0v) is 19.6. The lowest BCUT2D eigenvalue weighted by Gasteiger charge is -2.33. The van der Waals surface area contributed by atoms with Gasteiger partial charge in [-0.2, -0.15) is 0 Å². The summed E-state index contributed by atoms with van der Waals surface area (Å²) in [6, 6.07) is 15.6. The van der Waals surface area contributed by atoms with Crippen LogP contribution in [0.1, 0.15) is 30.9 Å². The number of hydrogen-bond acceptors (Lipinski definition) is 5. The van der Waals surface area contributed by atoms with E-state index in [1.54, 1.807) is 20.9 Å². The van der Waals surface area contributed by atoms with E-state index in [1.165, 1.54) is 4.90 Å². The minimum Gasteiger partial charge on any atom is -0.481 e. The highest BCUT2D eigenvalue weighted by atomic mass is 16.5. The lowest BCUT2D eigenvalue weighted by molar-refractivity contribution is -0.145. The molecule has 2 N–H and O–H groups in total. The van der Waals surface area contributed by atoms with E-state index in [1.807, 2.05) is 24.3 Å². The number of ether oxygens (including phenoxy) is 2. The number of nitrogens with one attached hydrogen (secondary N) is 1. The summed E-state index contributed by atoms with van der Waals surface area (Å²) in [4.78, 5) is 38.4. The minimum atomic E-state index is -1.02. The Labute approximate surface area is 198 Å². The van der Waals surface area contributed by atoms with Gasteiger partial charge >= 0.3 is 12.1 Å². The SMILES string of the molecule is CC(CN(C)C(=O)C1(C)COCC1NC(=O)OCC1c2ccccc2-c2ccccc21)C(=O)O. The van der Waals surface area contributed by atoms with Gasteiger partial charge in [-0.25, -0.2) is 4.79 Å². The number of aliphatic carboxylic acids is 1. The van der Waals surface area contributed by atoms with Gasteiger partial charge in [0.05, 0.1) is 30.6 Å². The summed E-state index contributed by atoms with van der Waals surface area (Å²) in [6.07, 6.45) is -0.613. The van der Waals surface area contributed by atoms with Crippen molar-refractivity contribution in [2.24, 2.45) is 11.3 Å². The maximum absolute atomic E-state index is 13.1. The van der Waals surface area contributed by atoms with E-state index in [-0.39, 0.29) is 38.2 Å². The third-order valence-electron chi connectivity index (χ3n) is 6.90. The fraction of sp³-hybridized carbons (Fsp3) is 0.423. The Morgan fingerprint density at radius 3 is 2.32 bits per heavy atom. The number of fused-ring (bicyclic) bond motifs is 3. The van der Waals surface area contributed by atoms with Crippen molar-refractivity contribution >= 4 is 18.0 Å². The van der Waals surface area contributed by atoms with Crippen LogP contribution < -0.4 is 5.32 Å². The number of benzene rings is 2. The first-order chi connectivity index (χ1) is 16.2. The number of nitrogens with zero attached hydrogens (tertiary/aromatic N) is 1. The molecule has 1 saturated heterocycles. The van der Waals surface area contributed by atoms with Crippen LogP contribution in [-0.2, 0) is 19.1 Å². The lowest BCUT2D eigenvalue weighted by Crippen LogP contribution is -2.54. The van der Waals surface area contributed by atoms with Crippen LogP contribution in [-0.4, -0.2) is 67.4 Å². The van der Waals surface area contributed by atoms with Gasteiger partial charge in [0, 0.05) is 19.5 Å². The van der Waals surface area contributed by atoms with Crippen LogP contribution in [0.25, 0.3) is 11.1 Å². The number of carbonyl (C=O) groups is 3. The molecule has 2 amide bonds. The highest BCUT2D eigenvalue weighted by molar-refractivity contribution is 5.85. The average molecular weight is 467 g/mol. The number of carboxylic acid groups (broad SMARTS) is 1. The van der Waals surface area contributed by atoms with Gasteiger partial charge in [-0.1, -0.05) is 55.5 Å². The summed E-state index contributed by atoms with van der Waals surface area (Å²) < 4.78 is 11.2. The molecule has 3 unspecified atom stereocenters. The van der Waals surface area contributed by atoms with Crippen molar-refractivity contribution in [1.29, 1.82) is 0 Å². The minimum absolute atomic E-state index is 0.0605. The van der Waals surface area contributed by atoms with Gasteiger partial charge in [0.1, 0.15) is 6.61 Å². The quantitative estimate of drug-likeness (QED) is 0.650. The number of rotatable bonds is 7. The fourth-order valence-corrected chi connectivity index (χ4v) is 4.88. The van der Waals surface area contributed by atoms with E-state index in [9.17, 15) is 14.4 Å². The number of hydrogen-bond donors (Lipinski definition) is 2. The van der Waals surface area contributed by atoms with Crippen LogP contribution in [0.15, 0.2) is 48.5 Å². The maximum atomic E-state index is 13.1. The van der Waals surface area contributed by atoms with Crippen molar-refractivity contribution < 1.29 is 29.0 Å². The second kappa shape index (κ2) is 9.46. The average Bonchev–Trinajstić information content (AvgIpc) is 3.35. The van der Waals surface area contributed by atoms with Crippen LogP contribution >= 0.6 is 0 Å². The molecule has 8 nitrogen and oxygen atoms in total. The molecule has 2 aliphatic rings. The van der Waals surface area contributed by atoms with Crippen molar-refractivity contribution in [3.8, 4) is 11.1 Å². The second-order valence-electron chi connectivity index (χ2n) is 9.38. The van der Waals surface area contributed by atoms with E-state index in [4.69, 9.17) is 14.6 Å². The molecule has 0 bridgehead atoms. The van der Waals surface area contributed by atoms with Crippen LogP contribution in [0, 0.1) is 11.3 Å². The molecule has 0 spiro atoms. The summed E-state index contributed by atoms with van der Waals surface area (Å²) in [7, 11) is 1.57. The molecule has 180 valence electrons. The number of alkyl carbamates (subject to hydrolysis) is 1. The summed E-state index contributed by atoms with van der Waals surface area (Å²) >= 11 is 0. The molecule has 2 aromatic carbocycles. The van der Waals surface area contributed by atoms with E-state index < -0.39 is 29.4 Å². The third-order valence-corrected chi connectivity index (χ3v) is 6.90.